The average Bonchev–Trinajstić information content (AvgIpc) is 2.07. The normalized spacial score (nSPS) is 12.9. The first-order chi connectivity index (χ1) is 5.34. The van der Waals surface area contributed by atoms with E-state index in [0.29, 0.717) is 5.25 Å². The summed E-state index contributed by atoms with van der Waals surface area (Å²) in [5.74, 6) is 0. The van der Waals surface area contributed by atoms with E-state index in [9.17, 15) is 0 Å². The largest absolute Gasteiger partial charge is 0.260 e. The second-order valence-corrected chi connectivity index (χ2v) is 3.18. The van der Waals surface area contributed by atoms with Gasteiger partial charge in [0.05, 0.1) is 5.69 Å². The van der Waals surface area contributed by atoms with Gasteiger partial charge in [-0.15, -0.1) is 0 Å². The quantitative estimate of drug-likeness (QED) is 0.683. The Morgan fingerprint density at radius 2 is 2.36 bits per heavy atom. The third kappa shape index (κ3) is 2.54. The highest BCUT2D eigenvalue weighted by Gasteiger charge is 2.04. The molecule has 1 aromatic heterocycles. The van der Waals surface area contributed by atoms with Gasteiger partial charge in [-0.3, -0.25) is 4.98 Å². The van der Waals surface area contributed by atoms with Crippen molar-refractivity contribution in [3.05, 3.63) is 30.1 Å². The fourth-order valence-corrected chi connectivity index (χ4v) is 1.41. The number of thiol groups is 1. The van der Waals surface area contributed by atoms with Crippen LogP contribution in [0.25, 0.3) is 0 Å². The second kappa shape index (κ2) is 4.39. The molecule has 1 atom stereocenters. The summed E-state index contributed by atoms with van der Waals surface area (Å²) in [6.45, 7) is 2.16. The Kier molecular flexibility index (Phi) is 3.43. The Hall–Kier alpha value is -0.500. The zero-order valence-electron chi connectivity index (χ0n) is 6.70. The molecule has 1 rings (SSSR count). The van der Waals surface area contributed by atoms with Crippen molar-refractivity contribution in [1.82, 2.24) is 4.98 Å². The Bertz CT molecular complexity index is 198. The summed E-state index contributed by atoms with van der Waals surface area (Å²) in [7, 11) is 0. The lowest BCUT2D eigenvalue weighted by Gasteiger charge is -2.06. The molecule has 1 nitrogen and oxygen atoms in total. The zero-order valence-corrected chi connectivity index (χ0v) is 7.59. The molecular weight excluding hydrogens is 154 g/mol. The van der Waals surface area contributed by atoms with Gasteiger partial charge in [-0.2, -0.15) is 12.6 Å². The van der Waals surface area contributed by atoms with Gasteiger partial charge in [-0.1, -0.05) is 19.4 Å². The predicted molar refractivity (Wildman–Crippen MR) is 50.9 cm³/mol. The zero-order chi connectivity index (χ0) is 8.10. The van der Waals surface area contributed by atoms with Crippen LogP contribution in [0.2, 0.25) is 0 Å². The molecule has 0 aliphatic heterocycles. The SMILES string of the molecule is CCCC(S)c1ccccn1. The van der Waals surface area contributed by atoms with Gasteiger partial charge in [-0.25, -0.2) is 0 Å². The Balaban J connectivity index is 2.61. The van der Waals surface area contributed by atoms with Crippen LogP contribution in [0.3, 0.4) is 0 Å². The monoisotopic (exact) mass is 167 g/mol. The molecule has 0 N–H and O–H groups in total. The Labute approximate surface area is 73.3 Å². The molecule has 11 heavy (non-hydrogen) atoms. The summed E-state index contributed by atoms with van der Waals surface area (Å²) >= 11 is 4.44. The highest BCUT2D eigenvalue weighted by atomic mass is 32.1. The van der Waals surface area contributed by atoms with E-state index in [0.717, 1.165) is 18.5 Å². The van der Waals surface area contributed by atoms with Crippen LogP contribution in [0, 0.1) is 0 Å². The van der Waals surface area contributed by atoms with E-state index >= 15 is 0 Å². The third-order valence-electron chi connectivity index (χ3n) is 1.59. The number of rotatable bonds is 3. The first-order valence-electron chi connectivity index (χ1n) is 3.93. The Morgan fingerprint density at radius 1 is 1.55 bits per heavy atom. The van der Waals surface area contributed by atoms with Gasteiger partial charge >= 0.3 is 0 Å². The van der Waals surface area contributed by atoms with E-state index in [4.69, 9.17) is 0 Å². The fourth-order valence-electron chi connectivity index (χ4n) is 0.994. The fraction of sp³-hybridized carbons (Fsp3) is 0.444. The van der Waals surface area contributed by atoms with Gasteiger partial charge in [0.1, 0.15) is 0 Å². The molecule has 0 radical (unpaired) electrons. The number of hydrogen-bond acceptors (Lipinski definition) is 2. The molecule has 0 saturated heterocycles. The summed E-state index contributed by atoms with van der Waals surface area (Å²) in [6.07, 6.45) is 4.07. The van der Waals surface area contributed by atoms with E-state index in [1.807, 2.05) is 24.4 Å². The predicted octanol–water partition coefficient (Wildman–Crippen LogP) is 2.85. The first kappa shape index (κ1) is 8.60. The van der Waals surface area contributed by atoms with Crippen LogP contribution in [0.4, 0.5) is 0 Å². The molecule has 1 unspecified atom stereocenters. The van der Waals surface area contributed by atoms with E-state index in [2.05, 4.69) is 24.5 Å². The molecule has 60 valence electrons. The van der Waals surface area contributed by atoms with Gasteiger partial charge in [-0.05, 0) is 18.6 Å². The first-order valence-corrected chi connectivity index (χ1v) is 4.45. The minimum atomic E-state index is 0.307. The molecule has 0 spiro atoms. The smallest absolute Gasteiger partial charge is 0.0530 e. The van der Waals surface area contributed by atoms with E-state index in [1.54, 1.807) is 0 Å². The number of aromatic nitrogens is 1. The molecule has 0 aliphatic carbocycles. The Morgan fingerprint density at radius 3 is 2.91 bits per heavy atom. The number of hydrogen-bond donors (Lipinski definition) is 1. The molecule has 1 heterocycles. The second-order valence-electron chi connectivity index (χ2n) is 2.56. The van der Waals surface area contributed by atoms with Crippen LogP contribution in [-0.2, 0) is 0 Å². The maximum absolute atomic E-state index is 4.44. The van der Waals surface area contributed by atoms with Crippen molar-refractivity contribution in [2.45, 2.75) is 25.0 Å². The standard InChI is InChI=1S/C9H13NS/c1-2-5-9(11)8-6-3-4-7-10-8/h3-4,6-7,9,11H,2,5H2,1H3. The van der Waals surface area contributed by atoms with Crippen LogP contribution < -0.4 is 0 Å². The maximum atomic E-state index is 4.44. The van der Waals surface area contributed by atoms with Gasteiger partial charge in [0.2, 0.25) is 0 Å². The molecule has 0 aliphatic rings. The average molecular weight is 167 g/mol. The summed E-state index contributed by atoms with van der Waals surface area (Å²) in [6, 6.07) is 5.95. The lowest BCUT2D eigenvalue weighted by molar-refractivity contribution is 0.764. The molecule has 2 heteroatoms. The lowest BCUT2D eigenvalue weighted by Crippen LogP contribution is -1.92. The maximum Gasteiger partial charge on any atom is 0.0530 e. The van der Waals surface area contributed by atoms with Crippen molar-refractivity contribution in [2.75, 3.05) is 0 Å². The molecule has 0 amide bonds. The summed E-state index contributed by atoms with van der Waals surface area (Å²) in [4.78, 5) is 4.22. The molecule has 0 fully saturated rings. The van der Waals surface area contributed by atoms with Gasteiger partial charge in [0.15, 0.2) is 0 Å². The minimum Gasteiger partial charge on any atom is -0.260 e. The minimum absolute atomic E-state index is 0.307. The topological polar surface area (TPSA) is 12.9 Å². The third-order valence-corrected chi connectivity index (χ3v) is 2.11. The van der Waals surface area contributed by atoms with Crippen LogP contribution in [0.1, 0.15) is 30.7 Å². The van der Waals surface area contributed by atoms with E-state index in [1.165, 1.54) is 0 Å². The van der Waals surface area contributed by atoms with Crippen LogP contribution in [0.15, 0.2) is 24.4 Å². The van der Waals surface area contributed by atoms with Crippen molar-refractivity contribution in [3.63, 3.8) is 0 Å². The van der Waals surface area contributed by atoms with Crippen molar-refractivity contribution in [2.24, 2.45) is 0 Å². The van der Waals surface area contributed by atoms with Crippen LogP contribution in [0.5, 0.6) is 0 Å². The van der Waals surface area contributed by atoms with Crippen LogP contribution >= 0.6 is 12.6 Å². The summed E-state index contributed by atoms with van der Waals surface area (Å²) in [5.41, 5.74) is 1.08. The highest BCUT2D eigenvalue weighted by molar-refractivity contribution is 7.80. The number of pyridine rings is 1. The number of nitrogens with zero attached hydrogens (tertiary/aromatic N) is 1. The van der Waals surface area contributed by atoms with Crippen molar-refractivity contribution < 1.29 is 0 Å². The lowest BCUT2D eigenvalue weighted by atomic mass is 10.2. The molecule has 1 aromatic rings. The highest BCUT2D eigenvalue weighted by Crippen LogP contribution is 2.22. The van der Waals surface area contributed by atoms with Crippen molar-refractivity contribution in [1.29, 1.82) is 0 Å². The van der Waals surface area contributed by atoms with Crippen molar-refractivity contribution in [3.8, 4) is 0 Å². The van der Waals surface area contributed by atoms with E-state index in [-0.39, 0.29) is 0 Å². The van der Waals surface area contributed by atoms with Gasteiger partial charge < -0.3 is 0 Å². The molecule has 0 saturated carbocycles. The van der Waals surface area contributed by atoms with Crippen molar-refractivity contribution >= 4 is 12.6 Å². The van der Waals surface area contributed by atoms with Gasteiger partial charge in [0.25, 0.3) is 0 Å². The van der Waals surface area contributed by atoms with Crippen LogP contribution in [-0.4, -0.2) is 4.98 Å². The summed E-state index contributed by atoms with van der Waals surface area (Å²) in [5, 5.41) is 0.307. The molecular formula is C9H13NS. The molecule has 0 aromatic carbocycles. The van der Waals surface area contributed by atoms with Gasteiger partial charge in [0, 0.05) is 11.4 Å². The molecule has 0 bridgehead atoms. The van der Waals surface area contributed by atoms with E-state index < -0.39 is 0 Å². The summed E-state index contributed by atoms with van der Waals surface area (Å²) < 4.78 is 0.